The van der Waals surface area contributed by atoms with Crippen molar-refractivity contribution >= 4 is 29.4 Å². The number of carbonyl (C=O) groups excluding carboxylic acids is 1. The zero-order valence-electron chi connectivity index (χ0n) is 19.9. The van der Waals surface area contributed by atoms with Crippen molar-refractivity contribution in [2.45, 2.75) is 48.9 Å². The number of aromatic nitrogens is 3. The van der Waals surface area contributed by atoms with Gasteiger partial charge in [0.15, 0.2) is 4.34 Å². The molecule has 2 aromatic heterocycles. The Morgan fingerprint density at radius 3 is 2.14 bits per heavy atom. The van der Waals surface area contributed by atoms with Crippen molar-refractivity contribution in [1.29, 1.82) is 0 Å². The molecule has 0 unspecified atom stereocenters. The van der Waals surface area contributed by atoms with Crippen molar-refractivity contribution in [3.05, 3.63) is 94.8 Å². The van der Waals surface area contributed by atoms with Gasteiger partial charge in [0, 0.05) is 18.5 Å². The van der Waals surface area contributed by atoms with Gasteiger partial charge in [-0.05, 0) is 54.2 Å². The molecule has 0 saturated carbocycles. The SMILES string of the molecule is Cc1nnc(SCCCCCC2(C=O)c3ccccc3-c3ccccc32)s1.NCc1ccccn1. The van der Waals surface area contributed by atoms with Crippen LogP contribution in [0.15, 0.2) is 77.3 Å². The molecule has 1 aliphatic rings. The Hall–Kier alpha value is -2.87. The topological polar surface area (TPSA) is 81.8 Å². The second-order valence-electron chi connectivity index (χ2n) is 8.45. The fourth-order valence-corrected chi connectivity index (χ4v) is 6.40. The lowest BCUT2D eigenvalue weighted by atomic mass is 9.75. The summed E-state index contributed by atoms with van der Waals surface area (Å²) in [4.78, 5) is 16.3. The van der Waals surface area contributed by atoms with Crippen LogP contribution in [0.25, 0.3) is 11.1 Å². The molecule has 2 N–H and O–H groups in total. The third-order valence-electron chi connectivity index (χ3n) is 6.19. The number of benzene rings is 2. The number of nitrogens with two attached hydrogens (primary N) is 1. The number of unbranched alkanes of at least 4 members (excludes halogenated alkanes) is 2. The highest BCUT2D eigenvalue weighted by Gasteiger charge is 2.42. The molecule has 2 aromatic carbocycles. The number of rotatable bonds is 9. The summed E-state index contributed by atoms with van der Waals surface area (Å²) in [6.07, 6.45) is 7.06. The summed E-state index contributed by atoms with van der Waals surface area (Å²) in [6.45, 7) is 2.51. The van der Waals surface area contributed by atoms with Crippen LogP contribution >= 0.6 is 23.1 Å². The van der Waals surface area contributed by atoms with Crippen LogP contribution in [0.4, 0.5) is 0 Å². The van der Waals surface area contributed by atoms with Crippen molar-refractivity contribution in [2.75, 3.05) is 5.75 Å². The highest BCUT2D eigenvalue weighted by Crippen LogP contribution is 2.50. The monoisotopic (exact) mass is 502 g/mol. The average molecular weight is 503 g/mol. The Balaban J connectivity index is 0.000000308. The molecule has 2 heterocycles. The highest BCUT2D eigenvalue weighted by atomic mass is 32.2. The minimum Gasteiger partial charge on any atom is -0.325 e. The lowest BCUT2D eigenvalue weighted by Crippen LogP contribution is -2.27. The number of carbonyl (C=O) groups is 1. The minimum atomic E-state index is -0.489. The zero-order chi connectivity index (χ0) is 24.5. The first-order valence-corrected chi connectivity index (χ1v) is 13.7. The van der Waals surface area contributed by atoms with Gasteiger partial charge >= 0.3 is 0 Å². The van der Waals surface area contributed by atoms with E-state index in [-0.39, 0.29) is 0 Å². The maximum atomic E-state index is 12.3. The van der Waals surface area contributed by atoms with Crippen LogP contribution < -0.4 is 5.73 Å². The van der Waals surface area contributed by atoms with Crippen molar-refractivity contribution in [2.24, 2.45) is 5.73 Å². The Kier molecular flexibility index (Phi) is 8.79. The molecule has 0 atom stereocenters. The van der Waals surface area contributed by atoms with Crippen LogP contribution in [-0.2, 0) is 16.8 Å². The summed E-state index contributed by atoms with van der Waals surface area (Å²) in [5, 5.41) is 9.23. The van der Waals surface area contributed by atoms with Crippen LogP contribution in [0, 0.1) is 6.92 Å². The molecule has 0 radical (unpaired) electrons. The van der Waals surface area contributed by atoms with Crippen LogP contribution in [-0.4, -0.2) is 27.2 Å². The van der Waals surface area contributed by atoms with Crippen LogP contribution in [0.1, 0.15) is 47.5 Å². The summed E-state index contributed by atoms with van der Waals surface area (Å²) >= 11 is 3.44. The second-order valence-corrected chi connectivity index (χ2v) is 11.0. The molecule has 0 bridgehead atoms. The molecule has 0 amide bonds. The number of thioether (sulfide) groups is 1. The van der Waals surface area contributed by atoms with E-state index in [0.717, 1.165) is 46.5 Å². The van der Waals surface area contributed by atoms with Gasteiger partial charge in [-0.15, -0.1) is 10.2 Å². The molecule has 0 aliphatic heterocycles. The van der Waals surface area contributed by atoms with Crippen molar-refractivity contribution in [3.8, 4) is 11.1 Å². The summed E-state index contributed by atoms with van der Waals surface area (Å²) < 4.78 is 1.05. The minimum absolute atomic E-state index is 0.489. The van der Waals surface area contributed by atoms with E-state index in [9.17, 15) is 4.79 Å². The van der Waals surface area contributed by atoms with Crippen molar-refractivity contribution in [1.82, 2.24) is 15.2 Å². The third kappa shape index (κ3) is 5.86. The Bertz CT molecular complexity index is 1200. The molecule has 0 fully saturated rings. The first kappa shape index (κ1) is 25.2. The smallest absolute Gasteiger partial charge is 0.174 e. The number of aldehydes is 1. The number of aryl methyl sites for hydroxylation is 1. The van der Waals surface area contributed by atoms with Gasteiger partial charge in [0.25, 0.3) is 0 Å². The number of pyridine rings is 1. The molecule has 5 nitrogen and oxygen atoms in total. The molecule has 4 aromatic rings. The Morgan fingerprint density at radius 2 is 1.60 bits per heavy atom. The van der Waals surface area contributed by atoms with Gasteiger partial charge in [-0.3, -0.25) is 4.98 Å². The number of hydrogen-bond acceptors (Lipinski definition) is 7. The van der Waals surface area contributed by atoms with E-state index in [1.807, 2.05) is 37.3 Å². The molecular weight excluding hydrogens is 472 g/mol. The highest BCUT2D eigenvalue weighted by molar-refractivity contribution is 8.01. The largest absolute Gasteiger partial charge is 0.325 e. The molecule has 0 saturated heterocycles. The average Bonchev–Trinajstić information content (AvgIpc) is 3.46. The normalized spacial score (nSPS) is 12.9. The summed E-state index contributed by atoms with van der Waals surface area (Å²) in [6, 6.07) is 22.4. The molecule has 1 aliphatic carbocycles. The van der Waals surface area contributed by atoms with Gasteiger partial charge in [0.2, 0.25) is 0 Å². The number of nitrogens with zero attached hydrogens (tertiary/aromatic N) is 3. The quantitative estimate of drug-likeness (QED) is 0.167. The fraction of sp³-hybridized carbons (Fsp3) is 0.286. The van der Waals surface area contributed by atoms with Crippen LogP contribution in [0.2, 0.25) is 0 Å². The first-order valence-electron chi connectivity index (χ1n) is 11.9. The van der Waals surface area contributed by atoms with Crippen molar-refractivity contribution in [3.63, 3.8) is 0 Å². The van der Waals surface area contributed by atoms with E-state index in [1.54, 1.807) is 29.3 Å². The molecule has 180 valence electrons. The summed E-state index contributed by atoms with van der Waals surface area (Å²) in [5.41, 5.74) is 10.5. The van der Waals surface area contributed by atoms with Crippen molar-refractivity contribution < 1.29 is 4.79 Å². The van der Waals surface area contributed by atoms with Gasteiger partial charge < -0.3 is 10.5 Å². The molecule has 7 heteroatoms. The predicted molar refractivity (Wildman–Crippen MR) is 145 cm³/mol. The van der Waals surface area contributed by atoms with Gasteiger partial charge in [-0.2, -0.15) is 0 Å². The van der Waals surface area contributed by atoms with E-state index in [4.69, 9.17) is 5.73 Å². The van der Waals surface area contributed by atoms with Gasteiger partial charge in [0.1, 0.15) is 11.3 Å². The number of hydrogen-bond donors (Lipinski definition) is 1. The maximum absolute atomic E-state index is 12.3. The van der Waals surface area contributed by atoms with Gasteiger partial charge in [0.05, 0.1) is 11.1 Å². The summed E-state index contributed by atoms with van der Waals surface area (Å²) in [5.74, 6) is 1.05. The lowest BCUT2D eigenvalue weighted by molar-refractivity contribution is -0.111. The van der Waals surface area contributed by atoms with E-state index >= 15 is 0 Å². The molecule has 0 spiro atoms. The zero-order valence-corrected chi connectivity index (χ0v) is 21.5. The number of fused-ring (bicyclic) bond motifs is 3. The molecule has 35 heavy (non-hydrogen) atoms. The third-order valence-corrected chi connectivity index (χ3v) is 8.25. The van der Waals surface area contributed by atoms with E-state index in [2.05, 4.69) is 51.6 Å². The van der Waals surface area contributed by atoms with Crippen LogP contribution in [0.5, 0.6) is 0 Å². The second kappa shape index (κ2) is 12.2. The van der Waals surface area contributed by atoms with Gasteiger partial charge in [-0.1, -0.05) is 90.5 Å². The maximum Gasteiger partial charge on any atom is 0.174 e. The lowest BCUT2D eigenvalue weighted by Gasteiger charge is -2.25. The van der Waals surface area contributed by atoms with E-state index < -0.39 is 5.41 Å². The summed E-state index contributed by atoms with van der Waals surface area (Å²) in [7, 11) is 0. The predicted octanol–water partition coefficient (Wildman–Crippen LogP) is 6.20. The van der Waals surface area contributed by atoms with Gasteiger partial charge in [-0.25, -0.2) is 0 Å². The van der Waals surface area contributed by atoms with E-state index in [1.165, 1.54) is 28.5 Å². The molecular formula is C28H30N4OS2. The standard InChI is InChI=1S/C22H22N2OS2.C6H8N2/c1-16-23-24-21(27-16)26-14-8-2-7-13-22(15-25)19-11-5-3-9-17(19)18-10-4-6-12-20(18)22;7-5-6-3-1-2-4-8-6/h3-6,9-12,15H,2,7-8,13-14H2,1H3;1-4H,5,7H2. The van der Waals surface area contributed by atoms with E-state index in [0.29, 0.717) is 6.54 Å². The Labute approximate surface area is 215 Å². The van der Waals surface area contributed by atoms with Crippen LogP contribution in [0.3, 0.4) is 0 Å². The fourth-order valence-electron chi connectivity index (χ4n) is 4.51. The Morgan fingerprint density at radius 1 is 0.914 bits per heavy atom. The first-order chi connectivity index (χ1) is 17.2. The molecule has 5 rings (SSSR count).